The highest BCUT2D eigenvalue weighted by Gasteiger charge is 2.15. The number of hydrogen-bond acceptors (Lipinski definition) is 3. The van der Waals surface area contributed by atoms with Crippen molar-refractivity contribution in [3.8, 4) is 5.75 Å². The van der Waals surface area contributed by atoms with E-state index in [0.717, 1.165) is 25.1 Å². The number of rotatable bonds is 4. The smallest absolute Gasteiger partial charge is 0.119 e. The molecule has 1 atom stereocenters. The lowest BCUT2D eigenvalue weighted by atomic mass is 10.1. The van der Waals surface area contributed by atoms with E-state index < -0.39 is 6.10 Å². The molecule has 0 radical (unpaired) electrons. The van der Waals surface area contributed by atoms with Crippen LogP contribution >= 0.6 is 43.2 Å². The number of halogens is 2. The largest absolute Gasteiger partial charge is 0.497 e. The molecule has 0 fully saturated rings. The van der Waals surface area contributed by atoms with Crippen LogP contribution in [0.25, 0.3) is 0 Å². The zero-order valence-electron chi connectivity index (χ0n) is 10.6. The molecule has 0 aliphatic rings. The van der Waals surface area contributed by atoms with E-state index in [1.54, 1.807) is 18.4 Å². The van der Waals surface area contributed by atoms with E-state index in [2.05, 4.69) is 31.9 Å². The summed E-state index contributed by atoms with van der Waals surface area (Å²) in [7, 11) is 1.64. The Balaban J connectivity index is 2.20. The van der Waals surface area contributed by atoms with Gasteiger partial charge >= 0.3 is 0 Å². The molecule has 1 aromatic heterocycles. The third-order valence-corrected chi connectivity index (χ3v) is 5.88. The van der Waals surface area contributed by atoms with Crippen LogP contribution < -0.4 is 4.74 Å². The van der Waals surface area contributed by atoms with Crippen molar-refractivity contribution < 1.29 is 9.84 Å². The fourth-order valence-electron chi connectivity index (χ4n) is 1.79. The predicted molar refractivity (Wildman–Crippen MR) is 86.1 cm³/mol. The Kier molecular flexibility index (Phi) is 5.06. The maximum atomic E-state index is 10.3. The third kappa shape index (κ3) is 3.60. The highest BCUT2D eigenvalue weighted by molar-refractivity contribution is 9.10. The van der Waals surface area contributed by atoms with Gasteiger partial charge in [0.2, 0.25) is 0 Å². The van der Waals surface area contributed by atoms with Crippen molar-refractivity contribution in [2.75, 3.05) is 7.11 Å². The van der Waals surface area contributed by atoms with Crippen LogP contribution in [0.1, 0.15) is 21.4 Å². The molecule has 0 saturated carbocycles. The van der Waals surface area contributed by atoms with Gasteiger partial charge in [-0.25, -0.2) is 0 Å². The minimum Gasteiger partial charge on any atom is -0.497 e. The minimum atomic E-state index is -0.501. The number of aliphatic hydroxyl groups is 1. The SMILES string of the molecule is COc1ccc(Br)c(CC(O)c2cc(Br)c(C)s2)c1. The van der Waals surface area contributed by atoms with Gasteiger partial charge in [-0.1, -0.05) is 15.9 Å². The molecule has 19 heavy (non-hydrogen) atoms. The number of methoxy groups -OCH3 is 1. The summed E-state index contributed by atoms with van der Waals surface area (Å²) < 4.78 is 7.25. The summed E-state index contributed by atoms with van der Waals surface area (Å²) in [6.07, 6.45) is 0.0582. The van der Waals surface area contributed by atoms with Crippen molar-refractivity contribution in [2.45, 2.75) is 19.4 Å². The van der Waals surface area contributed by atoms with E-state index >= 15 is 0 Å². The standard InChI is InChI=1S/C14H14Br2O2S/c1-8-12(16)7-14(19-8)13(17)6-9-5-10(18-2)3-4-11(9)15/h3-5,7,13,17H,6H2,1-2H3. The fourth-order valence-corrected chi connectivity index (χ4v) is 3.74. The van der Waals surface area contributed by atoms with Crippen LogP contribution in [0.3, 0.4) is 0 Å². The second-order valence-electron chi connectivity index (χ2n) is 4.23. The molecule has 1 N–H and O–H groups in total. The summed E-state index contributed by atoms with van der Waals surface area (Å²) in [5, 5.41) is 10.3. The monoisotopic (exact) mass is 404 g/mol. The molecule has 1 unspecified atom stereocenters. The quantitative estimate of drug-likeness (QED) is 0.786. The number of ether oxygens (including phenoxy) is 1. The maximum absolute atomic E-state index is 10.3. The third-order valence-electron chi connectivity index (χ3n) is 2.87. The second kappa shape index (κ2) is 6.39. The van der Waals surface area contributed by atoms with Gasteiger partial charge in [-0.3, -0.25) is 0 Å². The van der Waals surface area contributed by atoms with E-state index in [4.69, 9.17) is 4.74 Å². The summed E-state index contributed by atoms with van der Waals surface area (Å²) in [4.78, 5) is 2.15. The molecular weight excluding hydrogens is 392 g/mol. The highest BCUT2D eigenvalue weighted by atomic mass is 79.9. The molecule has 0 saturated heterocycles. The van der Waals surface area contributed by atoms with Crippen LogP contribution in [0.15, 0.2) is 33.2 Å². The predicted octanol–water partition coefficient (Wildman–Crippen LogP) is 4.87. The molecule has 2 aromatic rings. The van der Waals surface area contributed by atoms with Gasteiger partial charge in [0.1, 0.15) is 5.75 Å². The Morgan fingerprint density at radius 3 is 2.58 bits per heavy atom. The van der Waals surface area contributed by atoms with Crippen LogP contribution in [0, 0.1) is 6.92 Å². The fraction of sp³-hybridized carbons (Fsp3) is 0.286. The van der Waals surface area contributed by atoms with Gasteiger partial charge in [0.05, 0.1) is 13.2 Å². The van der Waals surface area contributed by atoms with E-state index in [9.17, 15) is 5.11 Å². The van der Waals surface area contributed by atoms with Crippen LogP contribution in [-0.2, 0) is 6.42 Å². The van der Waals surface area contributed by atoms with Gasteiger partial charge in [-0.05, 0) is 52.7 Å². The van der Waals surface area contributed by atoms with Gasteiger partial charge in [-0.2, -0.15) is 0 Å². The van der Waals surface area contributed by atoms with Crippen molar-refractivity contribution in [1.29, 1.82) is 0 Å². The average Bonchev–Trinajstić information content (AvgIpc) is 2.72. The first kappa shape index (κ1) is 15.0. The molecule has 0 aliphatic heterocycles. The average molecular weight is 406 g/mol. The molecule has 102 valence electrons. The molecule has 5 heteroatoms. The molecule has 1 aromatic carbocycles. The Bertz CT molecular complexity index is 561. The molecule has 1 heterocycles. The van der Waals surface area contributed by atoms with Gasteiger partial charge < -0.3 is 9.84 Å². The molecule has 0 amide bonds. The lowest BCUT2D eigenvalue weighted by Gasteiger charge is -2.11. The van der Waals surface area contributed by atoms with Gasteiger partial charge in [-0.15, -0.1) is 11.3 Å². The first-order chi connectivity index (χ1) is 9.01. The molecular formula is C14H14Br2O2S. The highest BCUT2D eigenvalue weighted by Crippen LogP contribution is 2.33. The summed E-state index contributed by atoms with van der Waals surface area (Å²) in [6.45, 7) is 2.03. The number of hydrogen-bond donors (Lipinski definition) is 1. The van der Waals surface area contributed by atoms with Crippen LogP contribution in [0.2, 0.25) is 0 Å². The maximum Gasteiger partial charge on any atom is 0.119 e. The van der Waals surface area contributed by atoms with Gasteiger partial charge in [0, 0.05) is 25.1 Å². The molecule has 0 bridgehead atoms. The number of benzene rings is 1. The second-order valence-corrected chi connectivity index (χ2v) is 7.23. The molecule has 2 nitrogen and oxygen atoms in total. The Labute approximate surface area is 133 Å². The van der Waals surface area contributed by atoms with Crippen molar-refractivity contribution in [2.24, 2.45) is 0 Å². The normalized spacial score (nSPS) is 12.5. The topological polar surface area (TPSA) is 29.5 Å². The first-order valence-electron chi connectivity index (χ1n) is 5.77. The van der Waals surface area contributed by atoms with Crippen molar-refractivity contribution >= 4 is 43.2 Å². The van der Waals surface area contributed by atoms with Crippen molar-refractivity contribution in [3.05, 3.63) is 48.5 Å². The summed E-state index contributed by atoms with van der Waals surface area (Å²) in [6, 6.07) is 7.77. The minimum absolute atomic E-state index is 0.501. The first-order valence-corrected chi connectivity index (χ1v) is 8.18. The summed E-state index contributed by atoms with van der Waals surface area (Å²) in [5.41, 5.74) is 1.04. The van der Waals surface area contributed by atoms with Gasteiger partial charge in [0.15, 0.2) is 0 Å². The van der Waals surface area contributed by atoms with Crippen molar-refractivity contribution in [3.63, 3.8) is 0 Å². The van der Waals surface area contributed by atoms with Crippen LogP contribution in [0.4, 0.5) is 0 Å². The number of thiophene rings is 1. The zero-order valence-corrected chi connectivity index (χ0v) is 14.6. The summed E-state index contributed by atoms with van der Waals surface area (Å²) in [5.74, 6) is 0.800. The van der Waals surface area contributed by atoms with Crippen LogP contribution in [0.5, 0.6) is 5.75 Å². The van der Waals surface area contributed by atoms with Gasteiger partial charge in [0.25, 0.3) is 0 Å². The zero-order chi connectivity index (χ0) is 14.0. The molecule has 0 aliphatic carbocycles. The lowest BCUT2D eigenvalue weighted by Crippen LogP contribution is -2.00. The van der Waals surface area contributed by atoms with Crippen molar-refractivity contribution in [1.82, 2.24) is 0 Å². The molecule has 0 spiro atoms. The lowest BCUT2D eigenvalue weighted by molar-refractivity contribution is 0.182. The van der Waals surface area contributed by atoms with E-state index in [-0.39, 0.29) is 0 Å². The molecule has 2 rings (SSSR count). The summed E-state index contributed by atoms with van der Waals surface area (Å²) >= 11 is 8.60. The number of aliphatic hydroxyl groups excluding tert-OH is 1. The van der Waals surface area contributed by atoms with E-state index in [0.29, 0.717) is 6.42 Å². The van der Waals surface area contributed by atoms with Crippen LogP contribution in [-0.4, -0.2) is 12.2 Å². The Morgan fingerprint density at radius 2 is 2.00 bits per heavy atom. The van der Waals surface area contributed by atoms with E-state index in [1.807, 2.05) is 31.2 Å². The Hall–Kier alpha value is -0.360. The van der Waals surface area contributed by atoms with E-state index in [1.165, 1.54) is 4.88 Å². The Morgan fingerprint density at radius 1 is 1.26 bits per heavy atom. The number of aryl methyl sites for hydroxylation is 1.